The molecule has 18 heavy (non-hydrogen) atoms. The maximum Gasteiger partial charge on any atom is 0.123 e. The SMILES string of the molecule is CCc1ccc(C(C)Nc2ccc(F)cc2C)s1. The van der Waals surface area contributed by atoms with Crippen LogP contribution in [0.1, 0.15) is 35.2 Å². The number of hydrogen-bond donors (Lipinski definition) is 1. The minimum atomic E-state index is -0.185. The zero-order chi connectivity index (χ0) is 13.1. The zero-order valence-corrected chi connectivity index (χ0v) is 11.8. The molecule has 0 aliphatic carbocycles. The van der Waals surface area contributed by atoms with Crippen molar-refractivity contribution >= 4 is 17.0 Å². The van der Waals surface area contributed by atoms with Crippen LogP contribution >= 0.6 is 11.3 Å². The van der Waals surface area contributed by atoms with Gasteiger partial charge in [-0.1, -0.05) is 6.92 Å². The molecule has 2 rings (SSSR count). The fraction of sp³-hybridized carbons (Fsp3) is 0.333. The second kappa shape index (κ2) is 5.53. The summed E-state index contributed by atoms with van der Waals surface area (Å²) in [7, 11) is 0. The number of hydrogen-bond acceptors (Lipinski definition) is 2. The fourth-order valence-electron chi connectivity index (χ4n) is 1.91. The molecule has 1 atom stereocenters. The molecule has 1 unspecified atom stereocenters. The summed E-state index contributed by atoms with van der Waals surface area (Å²) >= 11 is 1.83. The first-order chi connectivity index (χ1) is 8.60. The van der Waals surface area contributed by atoms with Gasteiger partial charge in [0.15, 0.2) is 0 Å². The van der Waals surface area contributed by atoms with Crippen molar-refractivity contribution in [2.24, 2.45) is 0 Å². The molecule has 0 aliphatic heterocycles. The van der Waals surface area contributed by atoms with Crippen LogP contribution in [0.15, 0.2) is 30.3 Å². The summed E-state index contributed by atoms with van der Waals surface area (Å²) in [5.74, 6) is -0.185. The summed E-state index contributed by atoms with van der Waals surface area (Å²) in [5, 5.41) is 3.43. The number of nitrogens with one attached hydrogen (secondary N) is 1. The Balaban J connectivity index is 2.13. The number of anilines is 1. The van der Waals surface area contributed by atoms with Crippen molar-refractivity contribution in [2.45, 2.75) is 33.2 Å². The molecule has 0 fully saturated rings. The molecule has 2 aromatic rings. The molecule has 0 saturated carbocycles. The molecule has 0 aliphatic rings. The third-order valence-corrected chi connectivity index (χ3v) is 4.43. The van der Waals surface area contributed by atoms with Gasteiger partial charge in [-0.05, 0) is 56.2 Å². The molecular formula is C15H18FNS. The smallest absolute Gasteiger partial charge is 0.123 e. The average molecular weight is 263 g/mol. The monoisotopic (exact) mass is 263 g/mol. The molecule has 0 saturated heterocycles. The van der Waals surface area contributed by atoms with E-state index in [9.17, 15) is 4.39 Å². The van der Waals surface area contributed by atoms with Gasteiger partial charge < -0.3 is 5.32 Å². The third-order valence-electron chi connectivity index (χ3n) is 3.02. The predicted molar refractivity (Wildman–Crippen MR) is 76.9 cm³/mol. The molecular weight excluding hydrogens is 245 g/mol. The van der Waals surface area contributed by atoms with Crippen molar-refractivity contribution in [3.63, 3.8) is 0 Å². The van der Waals surface area contributed by atoms with Crippen LogP contribution in [-0.2, 0) is 6.42 Å². The van der Waals surface area contributed by atoms with Crippen molar-refractivity contribution in [1.82, 2.24) is 0 Å². The van der Waals surface area contributed by atoms with Crippen LogP contribution in [0, 0.1) is 12.7 Å². The first kappa shape index (κ1) is 13.1. The summed E-state index contributed by atoms with van der Waals surface area (Å²) in [6, 6.07) is 9.44. The number of aryl methyl sites for hydroxylation is 2. The van der Waals surface area contributed by atoms with Gasteiger partial charge >= 0.3 is 0 Å². The number of benzene rings is 1. The highest BCUT2D eigenvalue weighted by Crippen LogP contribution is 2.27. The van der Waals surface area contributed by atoms with E-state index in [4.69, 9.17) is 0 Å². The Morgan fingerprint density at radius 2 is 2.06 bits per heavy atom. The number of thiophene rings is 1. The van der Waals surface area contributed by atoms with E-state index in [1.54, 1.807) is 12.1 Å². The van der Waals surface area contributed by atoms with Gasteiger partial charge in [0, 0.05) is 15.4 Å². The van der Waals surface area contributed by atoms with E-state index >= 15 is 0 Å². The third kappa shape index (κ3) is 2.91. The van der Waals surface area contributed by atoms with Crippen LogP contribution in [0.4, 0.5) is 10.1 Å². The van der Waals surface area contributed by atoms with Gasteiger partial charge in [0.1, 0.15) is 5.82 Å². The molecule has 0 bridgehead atoms. The van der Waals surface area contributed by atoms with Crippen molar-refractivity contribution in [1.29, 1.82) is 0 Å². The van der Waals surface area contributed by atoms with Gasteiger partial charge in [0.2, 0.25) is 0 Å². The Kier molecular flexibility index (Phi) is 4.02. The Hall–Kier alpha value is -1.35. The first-order valence-corrected chi connectivity index (χ1v) is 7.03. The second-order valence-electron chi connectivity index (χ2n) is 4.48. The molecule has 1 nitrogen and oxygen atoms in total. The highest BCUT2D eigenvalue weighted by Gasteiger charge is 2.09. The molecule has 0 radical (unpaired) electrons. The lowest BCUT2D eigenvalue weighted by atomic mass is 10.1. The lowest BCUT2D eigenvalue weighted by Crippen LogP contribution is -2.06. The zero-order valence-electron chi connectivity index (χ0n) is 11.0. The summed E-state index contributed by atoms with van der Waals surface area (Å²) in [4.78, 5) is 2.71. The lowest BCUT2D eigenvalue weighted by Gasteiger charge is -2.15. The quantitative estimate of drug-likeness (QED) is 0.824. The largest absolute Gasteiger partial charge is 0.377 e. The molecule has 1 aromatic carbocycles. The Labute approximate surface area is 112 Å². The average Bonchev–Trinajstić information content (AvgIpc) is 2.81. The molecule has 3 heteroatoms. The van der Waals surface area contributed by atoms with E-state index in [2.05, 4.69) is 31.3 Å². The standard InChI is InChI=1S/C15H18FNS/c1-4-13-6-8-15(18-13)11(3)17-14-7-5-12(16)9-10(14)2/h5-9,11,17H,4H2,1-3H3. The maximum absolute atomic E-state index is 13.0. The maximum atomic E-state index is 13.0. The van der Waals surface area contributed by atoms with Crippen molar-refractivity contribution < 1.29 is 4.39 Å². The normalized spacial score (nSPS) is 12.4. The van der Waals surface area contributed by atoms with E-state index in [-0.39, 0.29) is 11.9 Å². The van der Waals surface area contributed by atoms with Crippen LogP contribution in [0.25, 0.3) is 0 Å². The number of halogens is 1. The van der Waals surface area contributed by atoms with E-state index in [0.29, 0.717) is 0 Å². The first-order valence-electron chi connectivity index (χ1n) is 6.21. The van der Waals surface area contributed by atoms with Gasteiger partial charge in [-0.3, -0.25) is 0 Å². The minimum absolute atomic E-state index is 0.185. The van der Waals surface area contributed by atoms with Crippen LogP contribution in [0.2, 0.25) is 0 Å². The predicted octanol–water partition coefficient (Wildman–Crippen LogP) is 4.93. The fourth-order valence-corrected chi connectivity index (χ4v) is 2.87. The number of rotatable bonds is 4. The van der Waals surface area contributed by atoms with Crippen molar-refractivity contribution in [3.8, 4) is 0 Å². The van der Waals surface area contributed by atoms with Gasteiger partial charge in [0.25, 0.3) is 0 Å². The molecule has 0 spiro atoms. The van der Waals surface area contributed by atoms with E-state index in [1.165, 1.54) is 15.8 Å². The topological polar surface area (TPSA) is 12.0 Å². The molecule has 1 N–H and O–H groups in total. The van der Waals surface area contributed by atoms with E-state index in [0.717, 1.165) is 17.7 Å². The highest BCUT2D eigenvalue weighted by atomic mass is 32.1. The van der Waals surface area contributed by atoms with Crippen molar-refractivity contribution in [2.75, 3.05) is 5.32 Å². The van der Waals surface area contributed by atoms with Crippen LogP contribution in [-0.4, -0.2) is 0 Å². The van der Waals surface area contributed by atoms with Crippen LogP contribution in [0.5, 0.6) is 0 Å². The van der Waals surface area contributed by atoms with Crippen LogP contribution in [0.3, 0.4) is 0 Å². The van der Waals surface area contributed by atoms with E-state index in [1.807, 2.05) is 18.3 Å². The summed E-state index contributed by atoms with van der Waals surface area (Å²) in [6.45, 7) is 6.22. The second-order valence-corrected chi connectivity index (χ2v) is 5.68. The highest BCUT2D eigenvalue weighted by molar-refractivity contribution is 7.12. The van der Waals surface area contributed by atoms with Gasteiger partial charge in [0.05, 0.1) is 6.04 Å². The molecule has 1 aromatic heterocycles. The summed E-state index contributed by atoms with van der Waals surface area (Å²) < 4.78 is 13.0. The lowest BCUT2D eigenvalue weighted by molar-refractivity contribution is 0.626. The Bertz CT molecular complexity index is 533. The Morgan fingerprint density at radius 1 is 1.28 bits per heavy atom. The Morgan fingerprint density at radius 3 is 2.67 bits per heavy atom. The van der Waals surface area contributed by atoms with Crippen LogP contribution < -0.4 is 5.32 Å². The van der Waals surface area contributed by atoms with Gasteiger partial charge in [-0.25, -0.2) is 4.39 Å². The van der Waals surface area contributed by atoms with E-state index < -0.39 is 0 Å². The molecule has 96 valence electrons. The minimum Gasteiger partial charge on any atom is -0.377 e. The summed E-state index contributed by atoms with van der Waals surface area (Å²) in [5.41, 5.74) is 1.93. The molecule has 0 amide bonds. The van der Waals surface area contributed by atoms with Gasteiger partial charge in [-0.2, -0.15) is 0 Å². The molecule has 1 heterocycles. The summed E-state index contributed by atoms with van der Waals surface area (Å²) in [6.07, 6.45) is 1.08. The van der Waals surface area contributed by atoms with Crippen molar-refractivity contribution in [3.05, 3.63) is 51.5 Å². The van der Waals surface area contributed by atoms with Gasteiger partial charge in [-0.15, -0.1) is 11.3 Å².